The Morgan fingerprint density at radius 1 is 0.325 bits per heavy atom. The quantitative estimate of drug-likeness (QED) is 0.0443. The Labute approximate surface area is 743 Å². The molecule has 15 aromatic rings. The van der Waals surface area contributed by atoms with Crippen molar-refractivity contribution in [2.45, 2.75) is 63.3 Å². The van der Waals surface area contributed by atoms with Gasteiger partial charge in [0, 0.05) is 143 Å². The minimum Gasteiger partial charge on any atom is -0.456 e. The number of rotatable bonds is 20. The number of carbonyl (C=O) groups is 5. The summed E-state index contributed by atoms with van der Waals surface area (Å²) in [5, 5.41) is 15.1. The van der Waals surface area contributed by atoms with Crippen LogP contribution in [0.4, 0.5) is 37.2 Å². The van der Waals surface area contributed by atoms with E-state index in [0.29, 0.717) is 106 Å². The van der Waals surface area contributed by atoms with E-state index >= 15 is 0 Å². The van der Waals surface area contributed by atoms with Crippen LogP contribution in [-0.2, 0) is 0 Å². The first-order chi connectivity index (χ1) is 59.7. The molecule has 0 spiro atoms. The number of carbonyl (C=O) groups excluding carboxylic acids is 5. The molecule has 0 saturated carbocycles. The molecular formula is C99H85Cl3F2N12O10. The predicted octanol–water partition coefficient (Wildman–Crippen LogP) is 25.1. The van der Waals surface area contributed by atoms with Crippen molar-refractivity contribution in [1.82, 2.24) is 34.9 Å². The van der Waals surface area contributed by atoms with Gasteiger partial charge in [0.1, 0.15) is 80.5 Å². The van der Waals surface area contributed by atoms with Crippen molar-refractivity contribution in [2.24, 2.45) is 0 Å². The largest absolute Gasteiger partial charge is 0.456 e. The maximum Gasteiger partial charge on any atom is 0.274 e. The Bertz CT molecular complexity index is 6350. The van der Waals surface area contributed by atoms with Gasteiger partial charge in [-0.05, 0) is 218 Å². The van der Waals surface area contributed by atoms with E-state index in [4.69, 9.17) is 64.9 Å². The molecule has 0 atom stereocenters. The third-order valence-electron chi connectivity index (χ3n) is 16.9. The van der Waals surface area contributed by atoms with Gasteiger partial charge in [-0.3, -0.25) is 48.9 Å². The van der Waals surface area contributed by atoms with E-state index in [2.05, 4.69) is 67.4 Å². The van der Waals surface area contributed by atoms with Gasteiger partial charge in [0.05, 0.1) is 36.7 Å². The molecular weight excluding hydrogens is 1660 g/mol. The van der Waals surface area contributed by atoms with E-state index in [1.807, 2.05) is 126 Å². The summed E-state index contributed by atoms with van der Waals surface area (Å²) >= 11 is 18.4. The molecule has 0 bridgehead atoms. The molecule has 15 rings (SSSR count). The first kappa shape index (κ1) is 94.3. The van der Waals surface area contributed by atoms with Crippen molar-refractivity contribution in [3.63, 3.8) is 0 Å². The lowest BCUT2D eigenvalue weighted by atomic mass is 10.1. The molecule has 126 heavy (non-hydrogen) atoms. The first-order valence-corrected chi connectivity index (χ1v) is 39.0. The SMILES string of the molecule is C.C.C#Cc1cccc(C(=O)Nc2cc(Cl)cc(Oc3ccc(C)nc3)c2)c1.Cc1cccc(C(=O)Nc2cc(Cl)cc(Oc3ccc(C)nc3)c2)c1.Cc1cccc(C(=O)Nc2cc(Cl)cc(Oc3cncc(F)c3)c2)n1.Cc1cccc(C(=O)Nc2cc(F)cc(Oc3cccnc3)c2)n1.Cc1cccc(C(=O)Nc2cccc(Oc3cccnc3C)c2)c1. The van der Waals surface area contributed by atoms with Crippen LogP contribution >= 0.6 is 34.8 Å². The third-order valence-corrected chi connectivity index (χ3v) is 17.6. The summed E-state index contributed by atoms with van der Waals surface area (Å²) in [7, 11) is 0. The van der Waals surface area contributed by atoms with E-state index in [1.54, 1.807) is 184 Å². The van der Waals surface area contributed by atoms with E-state index < -0.39 is 17.5 Å². The molecule has 5 amide bonds. The molecule has 7 heterocycles. The van der Waals surface area contributed by atoms with Crippen LogP contribution in [0.15, 0.2) is 304 Å². The van der Waals surface area contributed by atoms with Crippen molar-refractivity contribution >= 4 is 92.8 Å². The molecule has 5 N–H and O–H groups in total. The van der Waals surface area contributed by atoms with Crippen LogP contribution in [0.25, 0.3) is 0 Å². The number of amides is 5. The number of pyridine rings is 7. The number of hydrogen-bond donors (Lipinski definition) is 5. The Morgan fingerprint density at radius 2 is 0.738 bits per heavy atom. The zero-order valence-corrected chi connectivity index (χ0v) is 69.8. The number of terminal acetylenes is 1. The molecule has 0 saturated heterocycles. The van der Waals surface area contributed by atoms with Crippen molar-refractivity contribution in [3.8, 4) is 69.8 Å². The molecule has 7 aromatic heterocycles. The van der Waals surface area contributed by atoms with Gasteiger partial charge in [-0.25, -0.2) is 18.7 Å². The molecule has 0 unspecified atom stereocenters. The van der Waals surface area contributed by atoms with E-state index in [1.165, 1.54) is 36.7 Å². The summed E-state index contributed by atoms with van der Waals surface area (Å²) in [6.45, 7) is 13.2. The van der Waals surface area contributed by atoms with Gasteiger partial charge in [0.25, 0.3) is 29.5 Å². The highest BCUT2D eigenvalue weighted by Gasteiger charge is 2.17. The van der Waals surface area contributed by atoms with Crippen LogP contribution in [0.5, 0.6) is 57.5 Å². The van der Waals surface area contributed by atoms with Crippen LogP contribution in [0.2, 0.25) is 15.1 Å². The number of nitrogens with one attached hydrogen (secondary N) is 5. The fraction of sp³-hybridized carbons (Fsp3) is 0.0909. The van der Waals surface area contributed by atoms with Gasteiger partial charge < -0.3 is 50.3 Å². The van der Waals surface area contributed by atoms with E-state index in [-0.39, 0.29) is 67.1 Å². The number of nitrogens with zero attached hydrogens (tertiary/aromatic N) is 7. The minimum absolute atomic E-state index is 0. The number of hydrogen-bond acceptors (Lipinski definition) is 17. The van der Waals surface area contributed by atoms with E-state index in [0.717, 1.165) is 45.8 Å². The monoisotopic (exact) mass is 1740 g/mol. The van der Waals surface area contributed by atoms with Crippen LogP contribution in [0.3, 0.4) is 0 Å². The topological polar surface area (TPSA) is 282 Å². The summed E-state index contributed by atoms with van der Waals surface area (Å²) in [6.07, 6.45) is 15.9. The van der Waals surface area contributed by atoms with Crippen molar-refractivity contribution < 1.29 is 56.4 Å². The maximum atomic E-state index is 13.8. The molecule has 22 nitrogen and oxygen atoms in total. The maximum absolute atomic E-state index is 13.8. The molecule has 0 fully saturated rings. The van der Waals surface area contributed by atoms with Gasteiger partial charge in [-0.1, -0.05) is 115 Å². The standard InChI is InChI=1S/C21H15ClN2O2.C20H17ClN2O2.C20H18N2O2.C18H13ClFN3O2.C18H14FN3O2.2CH4/c1-3-15-5-4-6-16(9-15)21(25)24-18-10-17(22)11-20(12-18)26-19-8-7-14(2)23-13-19;1-13-4-3-5-15(8-13)20(24)23-17-9-16(21)10-19(11-17)25-18-7-6-14(2)22-12-18;1-14-6-3-7-16(12-14)20(23)22-17-8-4-9-18(13-17)24-19-10-5-11-21-15(19)2;1-11-3-2-4-17(22-11)18(24)23-14-5-12(19)6-15(8-14)25-16-7-13(20)9-21-10-16;1-12-4-2-6-17(21-12)18(23)22-14-8-13(19)9-16(10-14)24-15-5-3-7-20-11-15;;/h1,4-13H,2H3,(H,24,25);3-12H,1-2H3,(H,23,24);3-13H,1-2H3,(H,22,23);2-10H,1H3,(H,23,24);2-11H,1H3,(H,22,23);2*1H4. The number of ether oxygens (including phenoxy) is 5. The molecule has 0 aliphatic carbocycles. The lowest BCUT2D eigenvalue weighted by Crippen LogP contribution is -2.14. The second-order valence-corrected chi connectivity index (χ2v) is 28.5. The highest BCUT2D eigenvalue weighted by atomic mass is 35.5. The average Bonchev–Trinajstić information content (AvgIpc) is 0.859. The highest BCUT2D eigenvalue weighted by Crippen LogP contribution is 2.34. The summed E-state index contributed by atoms with van der Waals surface area (Å²) in [4.78, 5) is 90.1. The lowest BCUT2D eigenvalue weighted by molar-refractivity contribution is 0.101. The zero-order valence-electron chi connectivity index (χ0n) is 67.5. The fourth-order valence-electron chi connectivity index (χ4n) is 11.2. The molecule has 0 aliphatic rings. The summed E-state index contributed by atoms with van der Waals surface area (Å²) < 4.78 is 55.4. The fourth-order valence-corrected chi connectivity index (χ4v) is 11.9. The van der Waals surface area contributed by atoms with Crippen LogP contribution < -0.4 is 50.3 Å². The second-order valence-electron chi connectivity index (χ2n) is 27.2. The second kappa shape index (κ2) is 46.5. The summed E-state index contributed by atoms with van der Waals surface area (Å²) in [5.74, 6) is 4.89. The van der Waals surface area contributed by atoms with Crippen LogP contribution in [0, 0.1) is 72.4 Å². The third kappa shape index (κ3) is 30.3. The number of anilines is 5. The number of halogens is 5. The Morgan fingerprint density at radius 3 is 1.20 bits per heavy atom. The lowest BCUT2D eigenvalue weighted by Gasteiger charge is -2.10. The smallest absolute Gasteiger partial charge is 0.274 e. The van der Waals surface area contributed by atoms with Crippen LogP contribution in [-0.4, -0.2) is 64.4 Å². The normalized spacial score (nSPS) is 10.1. The van der Waals surface area contributed by atoms with Gasteiger partial charge in [0.15, 0.2) is 0 Å². The van der Waals surface area contributed by atoms with E-state index in [9.17, 15) is 32.8 Å². The molecule has 27 heteroatoms. The zero-order chi connectivity index (χ0) is 88.0. The summed E-state index contributed by atoms with van der Waals surface area (Å²) in [6, 6.07) is 73.7. The summed E-state index contributed by atoms with van der Waals surface area (Å²) in [5.41, 5.74) is 11.5. The molecule has 636 valence electrons. The van der Waals surface area contributed by atoms with Gasteiger partial charge in [0.2, 0.25) is 0 Å². The van der Waals surface area contributed by atoms with Gasteiger partial charge in [-0.2, -0.15) is 0 Å². The van der Waals surface area contributed by atoms with Crippen molar-refractivity contribution in [1.29, 1.82) is 0 Å². The highest BCUT2D eigenvalue weighted by molar-refractivity contribution is 6.32. The van der Waals surface area contributed by atoms with Gasteiger partial charge in [-0.15, -0.1) is 6.42 Å². The number of benzene rings is 8. The molecule has 8 aromatic carbocycles. The Kier molecular flexibility index (Phi) is 34.8. The molecule has 0 radical (unpaired) electrons. The van der Waals surface area contributed by atoms with Crippen molar-refractivity contribution in [2.75, 3.05) is 26.6 Å². The first-order valence-electron chi connectivity index (χ1n) is 37.9. The average molecular weight is 1750 g/mol. The Balaban J connectivity index is 0.000000177. The van der Waals surface area contributed by atoms with Crippen molar-refractivity contribution in [3.05, 3.63) is 404 Å². The number of aromatic nitrogens is 7. The van der Waals surface area contributed by atoms with Gasteiger partial charge >= 0.3 is 0 Å². The Hall–Kier alpha value is -15.6. The number of aryl methyl sites for hydroxylation is 7. The van der Waals surface area contributed by atoms with Crippen LogP contribution in [0.1, 0.15) is 112 Å². The molecule has 0 aliphatic heterocycles. The predicted molar refractivity (Wildman–Crippen MR) is 491 cm³/mol. The minimum atomic E-state index is -0.524.